The van der Waals surface area contributed by atoms with Gasteiger partial charge >= 0.3 is 0 Å². The van der Waals surface area contributed by atoms with Crippen LogP contribution in [-0.2, 0) is 0 Å². The van der Waals surface area contributed by atoms with Gasteiger partial charge in [-0.05, 0) is 31.6 Å². The third-order valence-corrected chi connectivity index (χ3v) is 3.82. The molecular formula is C13H21FN4. The fraction of sp³-hybridized carbons (Fsp3) is 0.692. The van der Waals surface area contributed by atoms with Crippen LogP contribution in [0.3, 0.4) is 0 Å². The Morgan fingerprint density at radius 1 is 1.33 bits per heavy atom. The van der Waals surface area contributed by atoms with Crippen molar-refractivity contribution in [3.05, 3.63) is 12.0 Å². The summed E-state index contributed by atoms with van der Waals surface area (Å²) in [5.41, 5.74) is 0. The van der Waals surface area contributed by atoms with Crippen LogP contribution in [0.5, 0.6) is 0 Å². The molecule has 1 saturated carbocycles. The topological polar surface area (TPSA) is 41.1 Å². The minimum atomic E-state index is -0.352. The Kier molecular flexibility index (Phi) is 3.99. The first-order chi connectivity index (χ1) is 8.61. The van der Waals surface area contributed by atoms with E-state index in [4.69, 9.17) is 0 Å². The maximum Gasteiger partial charge on any atom is 0.224 e. The van der Waals surface area contributed by atoms with E-state index in [1.807, 2.05) is 11.9 Å². The van der Waals surface area contributed by atoms with Crippen LogP contribution in [-0.4, -0.2) is 30.1 Å². The van der Waals surface area contributed by atoms with E-state index in [1.165, 1.54) is 19.0 Å². The average molecular weight is 252 g/mol. The van der Waals surface area contributed by atoms with Crippen LogP contribution in [0.2, 0.25) is 0 Å². The summed E-state index contributed by atoms with van der Waals surface area (Å²) in [5, 5.41) is 2.84. The second-order valence-corrected chi connectivity index (χ2v) is 5.14. The van der Waals surface area contributed by atoms with Gasteiger partial charge in [-0.15, -0.1) is 0 Å². The Bertz CT molecular complexity index is 402. The zero-order valence-corrected chi connectivity index (χ0v) is 11.3. The van der Waals surface area contributed by atoms with Gasteiger partial charge in [0, 0.05) is 20.1 Å². The largest absolute Gasteiger partial charge is 0.357 e. The van der Waals surface area contributed by atoms with Crippen molar-refractivity contribution in [3.63, 3.8) is 0 Å². The zero-order valence-electron chi connectivity index (χ0n) is 11.3. The molecule has 0 aromatic carbocycles. The van der Waals surface area contributed by atoms with Gasteiger partial charge in [0.2, 0.25) is 5.95 Å². The zero-order chi connectivity index (χ0) is 13.1. The number of halogens is 1. The number of nitrogens with zero attached hydrogens (tertiary/aromatic N) is 3. The second kappa shape index (κ2) is 5.50. The third-order valence-electron chi connectivity index (χ3n) is 3.82. The van der Waals surface area contributed by atoms with Crippen LogP contribution in [0.15, 0.2) is 6.20 Å². The van der Waals surface area contributed by atoms with E-state index in [2.05, 4.69) is 22.2 Å². The molecule has 1 fully saturated rings. The monoisotopic (exact) mass is 252 g/mol. The number of anilines is 2. The molecule has 0 aliphatic heterocycles. The lowest BCUT2D eigenvalue weighted by Gasteiger charge is -2.34. The maximum atomic E-state index is 13.8. The highest BCUT2D eigenvalue weighted by Crippen LogP contribution is 2.29. The molecule has 0 radical (unpaired) electrons. The molecule has 0 unspecified atom stereocenters. The molecule has 0 atom stereocenters. The van der Waals surface area contributed by atoms with Crippen molar-refractivity contribution in [1.82, 2.24) is 9.97 Å². The minimum absolute atomic E-state index is 0.352. The Hall–Kier alpha value is -1.39. The van der Waals surface area contributed by atoms with Crippen molar-refractivity contribution in [2.75, 3.05) is 24.3 Å². The summed E-state index contributed by atoms with van der Waals surface area (Å²) in [7, 11) is 3.66. The van der Waals surface area contributed by atoms with E-state index in [1.54, 1.807) is 7.05 Å². The number of hydrogen-bond acceptors (Lipinski definition) is 4. The lowest BCUT2D eigenvalue weighted by Crippen LogP contribution is -2.36. The summed E-state index contributed by atoms with van der Waals surface area (Å²) in [5.74, 6) is 1.30. The van der Waals surface area contributed by atoms with Gasteiger partial charge in [-0.2, -0.15) is 4.98 Å². The Morgan fingerprint density at radius 2 is 2.00 bits per heavy atom. The predicted molar refractivity (Wildman–Crippen MR) is 71.4 cm³/mol. The molecule has 1 aromatic heterocycles. The van der Waals surface area contributed by atoms with Gasteiger partial charge < -0.3 is 10.2 Å². The SMILES string of the molecule is CNc1ncc(F)c(N(C)C2CCC(C)CC2)n1. The van der Waals surface area contributed by atoms with E-state index in [-0.39, 0.29) is 5.82 Å². The standard InChI is InChI=1S/C13H21FN4/c1-9-4-6-10(7-5-9)18(3)12-11(14)8-16-13(15-2)17-12/h8-10H,4-7H2,1-3H3,(H,15,16,17). The van der Waals surface area contributed by atoms with Gasteiger partial charge in [0.15, 0.2) is 11.6 Å². The van der Waals surface area contributed by atoms with Gasteiger partial charge in [-0.1, -0.05) is 6.92 Å². The van der Waals surface area contributed by atoms with Crippen molar-refractivity contribution < 1.29 is 4.39 Å². The average Bonchev–Trinajstić information content (AvgIpc) is 2.39. The van der Waals surface area contributed by atoms with Crippen LogP contribution in [0.25, 0.3) is 0 Å². The van der Waals surface area contributed by atoms with Gasteiger partial charge in [0.05, 0.1) is 6.20 Å². The summed E-state index contributed by atoms with van der Waals surface area (Å²) in [6.45, 7) is 2.28. The normalized spacial score (nSPS) is 23.8. The summed E-state index contributed by atoms with van der Waals surface area (Å²) in [6.07, 6.45) is 5.86. The van der Waals surface area contributed by atoms with Crippen LogP contribution >= 0.6 is 0 Å². The number of aromatic nitrogens is 2. The van der Waals surface area contributed by atoms with Gasteiger partial charge in [0.25, 0.3) is 0 Å². The van der Waals surface area contributed by atoms with Crippen LogP contribution in [0.4, 0.5) is 16.2 Å². The van der Waals surface area contributed by atoms with Crippen LogP contribution in [0.1, 0.15) is 32.6 Å². The highest BCUT2D eigenvalue weighted by atomic mass is 19.1. The van der Waals surface area contributed by atoms with Crippen LogP contribution < -0.4 is 10.2 Å². The van der Waals surface area contributed by atoms with Gasteiger partial charge in [0.1, 0.15) is 0 Å². The molecule has 4 nitrogen and oxygen atoms in total. The first-order valence-corrected chi connectivity index (χ1v) is 6.55. The molecule has 0 spiro atoms. The molecule has 1 aliphatic carbocycles. The van der Waals surface area contributed by atoms with E-state index < -0.39 is 0 Å². The Morgan fingerprint density at radius 3 is 2.61 bits per heavy atom. The molecule has 0 amide bonds. The highest BCUT2D eigenvalue weighted by molar-refractivity contribution is 5.44. The molecular weight excluding hydrogens is 231 g/mol. The molecule has 18 heavy (non-hydrogen) atoms. The molecule has 1 heterocycles. The first kappa shape index (κ1) is 13.1. The summed E-state index contributed by atoms with van der Waals surface area (Å²) < 4.78 is 13.8. The molecule has 2 rings (SSSR count). The van der Waals surface area contributed by atoms with E-state index >= 15 is 0 Å². The van der Waals surface area contributed by atoms with Crippen molar-refractivity contribution in [3.8, 4) is 0 Å². The van der Waals surface area contributed by atoms with E-state index in [0.717, 1.165) is 18.8 Å². The predicted octanol–water partition coefficient (Wildman–Crippen LogP) is 2.67. The van der Waals surface area contributed by atoms with Crippen molar-refractivity contribution in [1.29, 1.82) is 0 Å². The number of rotatable bonds is 3. The van der Waals surface area contributed by atoms with Crippen molar-refractivity contribution >= 4 is 11.8 Å². The highest BCUT2D eigenvalue weighted by Gasteiger charge is 2.24. The van der Waals surface area contributed by atoms with Gasteiger partial charge in [-0.25, -0.2) is 9.37 Å². The summed E-state index contributed by atoms with van der Waals surface area (Å²) >= 11 is 0. The number of nitrogens with one attached hydrogen (secondary N) is 1. The quantitative estimate of drug-likeness (QED) is 0.898. The number of hydrogen-bond donors (Lipinski definition) is 1. The van der Waals surface area contributed by atoms with Gasteiger partial charge in [-0.3, -0.25) is 0 Å². The second-order valence-electron chi connectivity index (χ2n) is 5.14. The Labute approximate surface area is 108 Å². The first-order valence-electron chi connectivity index (χ1n) is 6.55. The summed E-state index contributed by atoms with van der Waals surface area (Å²) in [6, 6.07) is 0.385. The van der Waals surface area contributed by atoms with E-state index in [9.17, 15) is 4.39 Å². The summed E-state index contributed by atoms with van der Waals surface area (Å²) in [4.78, 5) is 10.0. The fourth-order valence-corrected chi connectivity index (χ4v) is 2.53. The van der Waals surface area contributed by atoms with Crippen LogP contribution in [0, 0.1) is 11.7 Å². The van der Waals surface area contributed by atoms with Crippen molar-refractivity contribution in [2.24, 2.45) is 5.92 Å². The maximum absolute atomic E-state index is 13.8. The lowest BCUT2D eigenvalue weighted by atomic mass is 9.87. The fourth-order valence-electron chi connectivity index (χ4n) is 2.53. The minimum Gasteiger partial charge on any atom is -0.357 e. The third kappa shape index (κ3) is 2.71. The lowest BCUT2D eigenvalue weighted by molar-refractivity contribution is 0.338. The molecule has 1 aliphatic rings. The smallest absolute Gasteiger partial charge is 0.224 e. The molecule has 0 bridgehead atoms. The Balaban J connectivity index is 2.14. The molecule has 1 N–H and O–H groups in total. The molecule has 1 aromatic rings. The van der Waals surface area contributed by atoms with E-state index in [0.29, 0.717) is 17.8 Å². The molecule has 0 saturated heterocycles. The molecule has 5 heteroatoms. The molecule has 100 valence electrons. The van der Waals surface area contributed by atoms with Crippen molar-refractivity contribution in [2.45, 2.75) is 38.6 Å².